The van der Waals surface area contributed by atoms with Crippen molar-refractivity contribution in [2.45, 2.75) is 46.6 Å². The lowest BCUT2D eigenvalue weighted by Crippen LogP contribution is -2.43. The number of nitrogens with one attached hydrogen (secondary N) is 1. The molecule has 0 saturated carbocycles. The van der Waals surface area contributed by atoms with Gasteiger partial charge in [0, 0.05) is 5.56 Å². The normalized spacial score (nSPS) is 19.1. The first-order valence-electron chi connectivity index (χ1n) is 9.53. The third kappa shape index (κ3) is 3.01. The average Bonchev–Trinajstić information content (AvgIpc) is 2.94. The number of ketones is 1. The van der Waals surface area contributed by atoms with E-state index in [2.05, 4.69) is 5.32 Å². The van der Waals surface area contributed by atoms with Gasteiger partial charge in [-0.05, 0) is 68.0 Å². The summed E-state index contributed by atoms with van der Waals surface area (Å²) in [5.74, 6) is -0.607. The summed E-state index contributed by atoms with van der Waals surface area (Å²) in [4.78, 5) is 39.8. The molecule has 1 aliphatic heterocycles. The summed E-state index contributed by atoms with van der Waals surface area (Å²) < 4.78 is 0. The van der Waals surface area contributed by atoms with Gasteiger partial charge in [0.25, 0.3) is 5.91 Å². The molecule has 1 saturated heterocycles. The van der Waals surface area contributed by atoms with Crippen molar-refractivity contribution in [3.05, 3.63) is 69.8 Å². The van der Waals surface area contributed by atoms with E-state index < -0.39 is 11.6 Å². The SMILES string of the molecule is CCC1(c2ccccc2)NC(=O)N(CC(=O)c2cc(C)c(C)c(C)c2C)C1=O. The molecule has 1 fully saturated rings. The van der Waals surface area contributed by atoms with Gasteiger partial charge in [-0.2, -0.15) is 0 Å². The smallest absolute Gasteiger partial charge is 0.319 e. The number of benzene rings is 2. The van der Waals surface area contributed by atoms with Crippen molar-refractivity contribution in [2.75, 3.05) is 6.54 Å². The van der Waals surface area contributed by atoms with E-state index in [0.717, 1.165) is 32.7 Å². The lowest BCUT2D eigenvalue weighted by Gasteiger charge is -2.25. The number of rotatable bonds is 5. The van der Waals surface area contributed by atoms with Gasteiger partial charge in [-0.25, -0.2) is 4.79 Å². The van der Waals surface area contributed by atoms with Gasteiger partial charge in [-0.3, -0.25) is 14.5 Å². The Morgan fingerprint density at radius 2 is 1.64 bits per heavy atom. The summed E-state index contributed by atoms with van der Waals surface area (Å²) in [5.41, 5.74) is 4.30. The van der Waals surface area contributed by atoms with Crippen molar-refractivity contribution in [3.63, 3.8) is 0 Å². The Bertz CT molecular complexity index is 966. The van der Waals surface area contributed by atoms with E-state index in [1.165, 1.54) is 0 Å². The van der Waals surface area contributed by atoms with Crippen LogP contribution in [0.2, 0.25) is 0 Å². The van der Waals surface area contributed by atoms with Crippen LogP contribution >= 0.6 is 0 Å². The minimum absolute atomic E-state index is 0.229. The molecule has 146 valence electrons. The zero-order valence-electron chi connectivity index (χ0n) is 17.1. The zero-order valence-corrected chi connectivity index (χ0v) is 17.1. The van der Waals surface area contributed by atoms with Crippen LogP contribution in [0.5, 0.6) is 0 Å². The van der Waals surface area contributed by atoms with E-state index in [1.54, 1.807) is 0 Å². The molecule has 0 aliphatic carbocycles. The van der Waals surface area contributed by atoms with E-state index >= 15 is 0 Å². The number of carbonyl (C=O) groups is 3. The molecule has 0 radical (unpaired) electrons. The Morgan fingerprint density at radius 1 is 1.00 bits per heavy atom. The maximum Gasteiger partial charge on any atom is 0.325 e. The molecule has 28 heavy (non-hydrogen) atoms. The second kappa shape index (κ2) is 7.23. The Kier molecular flexibility index (Phi) is 5.11. The average molecular weight is 378 g/mol. The third-order valence-electron chi connectivity index (χ3n) is 6.06. The van der Waals surface area contributed by atoms with Gasteiger partial charge in [0.05, 0.1) is 6.54 Å². The fraction of sp³-hybridized carbons (Fsp3) is 0.348. The zero-order chi connectivity index (χ0) is 20.6. The van der Waals surface area contributed by atoms with Crippen molar-refractivity contribution >= 4 is 17.7 Å². The lowest BCUT2D eigenvalue weighted by molar-refractivity contribution is -0.131. The predicted octanol–water partition coefficient (Wildman–Crippen LogP) is 3.96. The summed E-state index contributed by atoms with van der Waals surface area (Å²) in [6.07, 6.45) is 0.411. The molecule has 3 rings (SSSR count). The van der Waals surface area contributed by atoms with Crippen LogP contribution in [-0.2, 0) is 10.3 Å². The van der Waals surface area contributed by atoms with Crippen molar-refractivity contribution in [2.24, 2.45) is 0 Å². The maximum atomic E-state index is 13.2. The largest absolute Gasteiger partial charge is 0.325 e. The van der Waals surface area contributed by atoms with E-state index in [0.29, 0.717) is 12.0 Å². The van der Waals surface area contributed by atoms with E-state index in [9.17, 15) is 14.4 Å². The van der Waals surface area contributed by atoms with Crippen LogP contribution in [0.1, 0.15) is 51.5 Å². The molecular weight excluding hydrogens is 352 g/mol. The number of hydrogen-bond acceptors (Lipinski definition) is 3. The number of carbonyl (C=O) groups excluding carboxylic acids is 3. The number of urea groups is 1. The standard InChI is InChI=1S/C23H26N2O3/c1-6-23(18-10-8-7-9-11-18)21(27)25(22(28)24-23)13-20(26)19-12-14(2)15(3)16(4)17(19)5/h7-12H,6,13H2,1-5H3,(H,24,28). The van der Waals surface area contributed by atoms with Gasteiger partial charge in [0.2, 0.25) is 0 Å². The Balaban J connectivity index is 1.93. The summed E-state index contributed by atoms with van der Waals surface area (Å²) >= 11 is 0. The van der Waals surface area contributed by atoms with Crippen molar-refractivity contribution < 1.29 is 14.4 Å². The Hall–Kier alpha value is -2.95. The number of aryl methyl sites for hydroxylation is 1. The first kappa shape index (κ1) is 19.8. The molecule has 1 atom stereocenters. The molecular formula is C23H26N2O3. The van der Waals surface area contributed by atoms with E-state index in [-0.39, 0.29) is 18.2 Å². The molecule has 0 spiro atoms. The van der Waals surface area contributed by atoms with Crippen LogP contribution < -0.4 is 5.32 Å². The number of hydrogen-bond donors (Lipinski definition) is 1. The topological polar surface area (TPSA) is 66.5 Å². The predicted molar refractivity (Wildman–Crippen MR) is 108 cm³/mol. The summed E-state index contributed by atoms with van der Waals surface area (Å²) in [5, 5.41) is 2.82. The highest BCUT2D eigenvalue weighted by molar-refractivity contribution is 6.11. The molecule has 1 aliphatic rings. The quantitative estimate of drug-likeness (QED) is 0.633. The highest BCUT2D eigenvalue weighted by Crippen LogP contribution is 2.32. The molecule has 2 aromatic rings. The minimum atomic E-state index is -1.12. The molecule has 5 heteroatoms. The fourth-order valence-corrected chi connectivity index (χ4v) is 3.86. The molecule has 5 nitrogen and oxygen atoms in total. The third-order valence-corrected chi connectivity index (χ3v) is 6.06. The molecule has 1 heterocycles. The maximum absolute atomic E-state index is 13.2. The van der Waals surface area contributed by atoms with Crippen LogP contribution in [-0.4, -0.2) is 29.2 Å². The van der Waals surface area contributed by atoms with Crippen molar-refractivity contribution in [3.8, 4) is 0 Å². The molecule has 1 N–H and O–H groups in total. The number of amides is 3. The number of nitrogens with zero attached hydrogens (tertiary/aromatic N) is 1. The molecule has 0 aromatic heterocycles. The Morgan fingerprint density at radius 3 is 2.25 bits per heavy atom. The number of Topliss-reactive ketones (excluding diaryl/α,β-unsaturated/α-hetero) is 1. The van der Waals surface area contributed by atoms with Gasteiger partial charge in [-0.15, -0.1) is 0 Å². The fourth-order valence-electron chi connectivity index (χ4n) is 3.86. The molecule has 0 bridgehead atoms. The van der Waals surface area contributed by atoms with Gasteiger partial charge >= 0.3 is 6.03 Å². The second-order valence-electron chi connectivity index (χ2n) is 7.49. The van der Waals surface area contributed by atoms with Gasteiger partial charge in [0.15, 0.2) is 5.78 Å². The molecule has 1 unspecified atom stereocenters. The van der Waals surface area contributed by atoms with Gasteiger partial charge < -0.3 is 5.32 Å². The molecule has 2 aromatic carbocycles. The van der Waals surface area contributed by atoms with Gasteiger partial charge in [0.1, 0.15) is 5.54 Å². The number of imide groups is 1. The molecule has 3 amide bonds. The van der Waals surface area contributed by atoms with Crippen molar-refractivity contribution in [1.82, 2.24) is 10.2 Å². The monoisotopic (exact) mass is 378 g/mol. The highest BCUT2D eigenvalue weighted by atomic mass is 16.2. The highest BCUT2D eigenvalue weighted by Gasteiger charge is 2.51. The first-order chi connectivity index (χ1) is 13.2. The van der Waals surface area contributed by atoms with Crippen molar-refractivity contribution in [1.29, 1.82) is 0 Å². The summed E-state index contributed by atoms with van der Waals surface area (Å²) in [7, 11) is 0. The first-order valence-corrected chi connectivity index (χ1v) is 9.53. The van der Waals surface area contributed by atoms with Crippen LogP contribution in [0.25, 0.3) is 0 Å². The van der Waals surface area contributed by atoms with Crippen LogP contribution in [0.4, 0.5) is 4.79 Å². The van der Waals surface area contributed by atoms with E-state index in [4.69, 9.17) is 0 Å². The van der Waals surface area contributed by atoms with Crippen LogP contribution in [0, 0.1) is 27.7 Å². The summed E-state index contributed by atoms with van der Waals surface area (Å²) in [6.45, 7) is 9.47. The summed E-state index contributed by atoms with van der Waals surface area (Å²) in [6, 6.07) is 10.5. The second-order valence-corrected chi connectivity index (χ2v) is 7.49. The van der Waals surface area contributed by atoms with E-state index in [1.807, 2.05) is 71.0 Å². The van der Waals surface area contributed by atoms with Crippen LogP contribution in [0.15, 0.2) is 36.4 Å². The minimum Gasteiger partial charge on any atom is -0.319 e. The Labute approximate surface area is 165 Å². The van der Waals surface area contributed by atoms with Crippen LogP contribution in [0.3, 0.4) is 0 Å². The van der Waals surface area contributed by atoms with Gasteiger partial charge in [-0.1, -0.05) is 37.3 Å². The lowest BCUT2D eigenvalue weighted by atomic mass is 9.87.